The number of nitrogens with one attached hydrogen (secondary N) is 3. The Balaban J connectivity index is 0.000000525. The van der Waals surface area contributed by atoms with Crippen molar-refractivity contribution in [2.24, 2.45) is 7.05 Å². The highest BCUT2D eigenvalue weighted by molar-refractivity contribution is 9.10. The molecule has 0 bridgehead atoms. The number of sulfonamides is 1. The summed E-state index contributed by atoms with van der Waals surface area (Å²) in [5.74, 6) is -3.57. The highest BCUT2D eigenvalue weighted by atomic mass is 79.9. The summed E-state index contributed by atoms with van der Waals surface area (Å²) in [7, 11) is -1.47. The second-order valence-electron chi connectivity index (χ2n) is 13.6. The van der Waals surface area contributed by atoms with Crippen molar-refractivity contribution < 1.29 is 78.8 Å². The molecule has 0 aliphatic rings. The van der Waals surface area contributed by atoms with E-state index in [1.807, 2.05) is 5.32 Å². The fraction of sp³-hybridized carbons (Fsp3) is 0.389. The van der Waals surface area contributed by atoms with Crippen molar-refractivity contribution in [1.82, 2.24) is 39.7 Å². The first-order valence-electron chi connectivity index (χ1n) is 18.2. The number of carbonyl (C=O) groups excluding carboxylic acids is 3. The molecule has 1 unspecified atom stereocenters. The number of hydrogen-bond acceptors (Lipinski definition) is 16. The van der Waals surface area contributed by atoms with E-state index in [-0.39, 0.29) is 45.1 Å². The van der Waals surface area contributed by atoms with E-state index in [0.717, 1.165) is 19.2 Å². The molecule has 67 heavy (non-hydrogen) atoms. The Kier molecular flexibility index (Phi) is 23.6. The van der Waals surface area contributed by atoms with Crippen LogP contribution in [0.2, 0.25) is 5.02 Å². The van der Waals surface area contributed by atoms with Crippen molar-refractivity contribution in [3.8, 4) is 23.0 Å². The molecule has 4 rings (SSSR count). The molecule has 0 saturated carbocycles. The van der Waals surface area contributed by atoms with Crippen LogP contribution < -0.4 is 29.7 Å². The predicted molar refractivity (Wildman–Crippen MR) is 239 cm³/mol. The summed E-state index contributed by atoms with van der Waals surface area (Å²) in [6.45, 7) is 2.75. The van der Waals surface area contributed by atoms with Gasteiger partial charge in [-0.15, -0.1) is 0 Å². The normalized spacial score (nSPS) is 11.9. The van der Waals surface area contributed by atoms with E-state index in [0.29, 0.717) is 15.6 Å². The number of ether oxygens (including phenoxy) is 3. The number of aliphatic carboxylic acids is 1. The molecule has 5 N–H and O–H groups in total. The molecule has 3 aromatic heterocycles. The monoisotopic (exact) mass is 1100 g/mol. The van der Waals surface area contributed by atoms with Gasteiger partial charge in [-0.1, -0.05) is 11.6 Å². The third-order valence-corrected chi connectivity index (χ3v) is 9.91. The minimum atomic E-state index is -4.69. The lowest BCUT2D eigenvalue weighted by Crippen LogP contribution is -2.36. The van der Waals surface area contributed by atoms with E-state index < -0.39 is 87.6 Å². The number of esters is 1. The molecule has 0 aliphatic heterocycles. The Bertz CT molecular complexity index is 2510. The highest BCUT2D eigenvalue weighted by Crippen LogP contribution is 2.41. The molecular formula is C36H46BrClF4N9O13PS2. The summed E-state index contributed by atoms with van der Waals surface area (Å²) in [6, 6.07) is 4.76. The number of amides is 3. The second kappa shape index (κ2) is 26.4. The van der Waals surface area contributed by atoms with Gasteiger partial charge in [0.05, 0.1) is 78.6 Å². The van der Waals surface area contributed by atoms with E-state index in [2.05, 4.69) is 60.1 Å². The fourth-order valence-electron chi connectivity index (χ4n) is 4.42. The summed E-state index contributed by atoms with van der Waals surface area (Å²) in [4.78, 5) is 76.7. The average molecular weight is 1100 g/mol. The van der Waals surface area contributed by atoms with Crippen LogP contribution in [0, 0.1) is 5.82 Å². The van der Waals surface area contributed by atoms with Gasteiger partial charge < -0.3 is 38.6 Å². The first kappa shape index (κ1) is 59.9. The van der Waals surface area contributed by atoms with E-state index in [1.165, 1.54) is 57.6 Å². The maximum absolute atomic E-state index is 14.3. The Morgan fingerprint density at radius 1 is 1.06 bits per heavy atom. The van der Waals surface area contributed by atoms with Gasteiger partial charge in [0, 0.05) is 32.9 Å². The molecule has 1 aromatic carbocycles. The molecule has 3 amide bonds. The number of aryl methyl sites for hydroxylation is 1. The van der Waals surface area contributed by atoms with Crippen LogP contribution in [-0.4, -0.2) is 138 Å². The van der Waals surface area contributed by atoms with Crippen LogP contribution in [0.3, 0.4) is 0 Å². The Hall–Kier alpha value is -5.16. The number of alkyl halides is 3. The Labute approximate surface area is 397 Å². The molecule has 0 aliphatic carbocycles. The van der Waals surface area contributed by atoms with E-state index in [9.17, 15) is 54.6 Å². The van der Waals surface area contributed by atoms with Crippen LogP contribution >= 0.6 is 35.1 Å². The summed E-state index contributed by atoms with van der Waals surface area (Å²) in [5, 5.41) is 15.0. The van der Waals surface area contributed by atoms with Gasteiger partial charge in [0.2, 0.25) is 17.7 Å². The molecule has 31 heteroatoms. The summed E-state index contributed by atoms with van der Waals surface area (Å²) >= 11 is 8.67. The lowest BCUT2D eigenvalue weighted by Gasteiger charge is -2.14. The minimum Gasteiger partial charge on any atom is -0.778 e. The van der Waals surface area contributed by atoms with Crippen molar-refractivity contribution in [2.45, 2.75) is 31.2 Å². The smallest absolute Gasteiger partial charge is 0.434 e. The molecule has 22 nitrogen and oxygen atoms in total. The number of urea groups is 1. The number of aromatic nitrogens is 5. The van der Waals surface area contributed by atoms with Crippen LogP contribution in [0.1, 0.15) is 40.3 Å². The zero-order chi connectivity index (χ0) is 51.8. The van der Waals surface area contributed by atoms with Crippen LogP contribution in [0.25, 0.3) is 11.3 Å². The first-order valence-corrected chi connectivity index (χ1v) is 25.0. The number of halogens is 6. The van der Waals surface area contributed by atoms with Gasteiger partial charge in [-0.05, 0) is 64.9 Å². The van der Waals surface area contributed by atoms with Crippen LogP contribution in [-0.2, 0) is 48.2 Å². The largest absolute Gasteiger partial charge is 0.778 e. The third-order valence-electron chi connectivity index (χ3n) is 6.93. The minimum absolute atomic E-state index is 0.0913. The molecular weight excluding hydrogens is 1050 g/mol. The number of carbonyl (C=O) groups is 4. The standard InChI is InChI=1S/C15H12BrClF4N2O2.C15H18N6O6S.C3H8NO5P.C3H9S/c1-6(2)25-14(24)7-4-8(10(18)5-9(7)17)12-11(16)13(15(19,20)21)23(3)22-12;1-21(2)13(22)9-6-5-7-16-12(9)28(24,25)20-15(23)19-14-17-10(26-3)8-11(18-14)27-4;5-3(6)1-4-2-10(7,8)9;1-4(2)3/h4-6H,1-3H3;5-8H,1-4H3,(H2,17,18,19,20,23);4H,1-2H2,(H,5,6)(H2,7,8,9);1-3H3/q;;;+1/p-1. The topological polar surface area (TPSA) is 307 Å². The number of nitrogens with zero attached hydrogens (tertiary/aromatic N) is 6. The first-order chi connectivity index (χ1) is 30.8. The fourth-order valence-corrected chi connectivity index (χ4v) is 6.85. The number of benzene rings is 1. The second-order valence-corrected chi connectivity index (χ2v) is 20.5. The van der Waals surface area contributed by atoms with Crippen molar-refractivity contribution in [1.29, 1.82) is 0 Å². The average Bonchev–Trinajstić information content (AvgIpc) is 3.49. The summed E-state index contributed by atoms with van der Waals surface area (Å²) in [5.41, 5.74) is -2.05. The van der Waals surface area contributed by atoms with Gasteiger partial charge in [0.1, 0.15) is 19.1 Å². The Morgan fingerprint density at radius 3 is 2.06 bits per heavy atom. The number of anilines is 1. The number of methoxy groups -OCH3 is 2. The molecule has 0 fully saturated rings. The zero-order valence-electron chi connectivity index (χ0n) is 37.1. The number of carboxylic acid groups (broad SMARTS) is 1. The molecule has 0 saturated heterocycles. The van der Waals surface area contributed by atoms with E-state index in [4.69, 9.17) is 35.8 Å². The maximum Gasteiger partial charge on any atom is 0.434 e. The number of rotatable bonds is 13. The van der Waals surface area contributed by atoms with Crippen LogP contribution in [0.4, 0.5) is 28.3 Å². The Morgan fingerprint density at radius 2 is 1.61 bits per heavy atom. The van der Waals surface area contributed by atoms with Crippen molar-refractivity contribution in [2.75, 3.05) is 65.2 Å². The van der Waals surface area contributed by atoms with Gasteiger partial charge in [-0.25, -0.2) is 23.7 Å². The quantitative estimate of drug-likeness (QED) is 0.0547. The molecule has 372 valence electrons. The lowest BCUT2D eigenvalue weighted by molar-refractivity contribution is -0.193. The van der Waals surface area contributed by atoms with Crippen LogP contribution in [0.15, 0.2) is 46.0 Å². The lowest BCUT2D eigenvalue weighted by atomic mass is 10.1. The van der Waals surface area contributed by atoms with E-state index >= 15 is 0 Å². The number of pyridine rings is 1. The van der Waals surface area contributed by atoms with Gasteiger partial charge in [-0.2, -0.15) is 36.7 Å². The van der Waals surface area contributed by atoms with Crippen molar-refractivity contribution in [3.63, 3.8) is 0 Å². The highest BCUT2D eigenvalue weighted by Gasteiger charge is 2.39. The van der Waals surface area contributed by atoms with E-state index in [1.54, 1.807) is 18.6 Å². The van der Waals surface area contributed by atoms with Gasteiger partial charge in [-0.3, -0.25) is 24.9 Å². The van der Waals surface area contributed by atoms with Gasteiger partial charge in [0.15, 0.2) is 10.7 Å². The molecule has 4 aromatic rings. The summed E-state index contributed by atoms with van der Waals surface area (Å²) < 4.78 is 105. The number of hydrogen-bond donors (Lipinski definition) is 5. The molecule has 0 radical (unpaired) electrons. The van der Waals surface area contributed by atoms with Crippen molar-refractivity contribution in [3.05, 3.63) is 68.7 Å². The molecule has 3 heterocycles. The third kappa shape index (κ3) is 20.3. The molecule has 0 spiro atoms. The summed E-state index contributed by atoms with van der Waals surface area (Å²) in [6.07, 6.45) is 1.92. The predicted octanol–water partition coefficient (Wildman–Crippen LogP) is 3.99. The van der Waals surface area contributed by atoms with Crippen LogP contribution in [0.5, 0.6) is 11.8 Å². The van der Waals surface area contributed by atoms with Gasteiger partial charge in [0.25, 0.3) is 15.9 Å². The van der Waals surface area contributed by atoms with Gasteiger partial charge >= 0.3 is 24.1 Å². The maximum atomic E-state index is 14.3. The SMILES string of the molecule is CC(C)OC(=O)c1cc(-c2nn(C)c(C(F)(F)F)c2Br)c(F)cc1Cl.COc1cc(OC)nc(NC(=O)NS(=O)(=O)c2ncccc2C(=O)N(C)C)n1.C[S+](C)C.O=C(O)CNCP(=O)([O-])O. The molecule has 1 atom stereocenters. The zero-order valence-corrected chi connectivity index (χ0v) is 41.9. The number of carboxylic acids is 1. The van der Waals surface area contributed by atoms with Crippen molar-refractivity contribution >= 4 is 85.9 Å².